The molecule has 1 saturated heterocycles. The van der Waals surface area contributed by atoms with Gasteiger partial charge in [-0.2, -0.15) is 0 Å². The van der Waals surface area contributed by atoms with Gasteiger partial charge in [-0.05, 0) is 65.7 Å². The molecule has 2 unspecified atom stereocenters. The van der Waals surface area contributed by atoms with Gasteiger partial charge in [0.1, 0.15) is 0 Å². The first-order valence-corrected chi connectivity index (χ1v) is 7.82. The molecule has 3 rings (SSSR count). The summed E-state index contributed by atoms with van der Waals surface area (Å²) in [6.45, 7) is 0.890. The lowest BCUT2D eigenvalue weighted by atomic mass is 9.91. The molecule has 2 fully saturated rings. The molecule has 1 saturated carbocycles. The van der Waals surface area contributed by atoms with Crippen LogP contribution in [-0.4, -0.2) is 23.4 Å². The van der Waals surface area contributed by atoms with Gasteiger partial charge in [0.2, 0.25) is 0 Å². The van der Waals surface area contributed by atoms with E-state index < -0.39 is 0 Å². The van der Waals surface area contributed by atoms with Crippen LogP contribution < -0.4 is 5.73 Å². The van der Waals surface area contributed by atoms with Crippen LogP contribution in [-0.2, 0) is 0 Å². The first-order chi connectivity index (χ1) is 9.16. The second kappa shape index (κ2) is 5.16. The lowest BCUT2D eigenvalue weighted by Gasteiger charge is -2.38. The van der Waals surface area contributed by atoms with Crippen LogP contribution >= 0.6 is 15.9 Å². The average molecular weight is 323 g/mol. The van der Waals surface area contributed by atoms with Crippen molar-refractivity contribution in [2.24, 2.45) is 5.92 Å². The number of hydrogen-bond acceptors (Lipinski definition) is 2. The smallest absolute Gasteiger partial charge is 0.255 e. The van der Waals surface area contributed by atoms with Crippen LogP contribution in [0.5, 0.6) is 0 Å². The highest BCUT2D eigenvalue weighted by Crippen LogP contribution is 2.38. The third-order valence-corrected chi connectivity index (χ3v) is 5.17. The van der Waals surface area contributed by atoms with Crippen molar-refractivity contribution in [2.75, 3.05) is 12.3 Å². The van der Waals surface area contributed by atoms with Gasteiger partial charge in [0.05, 0.1) is 5.56 Å². The Hall–Kier alpha value is -1.03. The first-order valence-electron chi connectivity index (χ1n) is 7.03. The number of nitrogens with zero attached hydrogens (tertiary/aromatic N) is 1. The summed E-state index contributed by atoms with van der Waals surface area (Å²) < 4.78 is 0.840. The van der Waals surface area contributed by atoms with Crippen molar-refractivity contribution in [1.82, 2.24) is 4.90 Å². The molecule has 1 heterocycles. The summed E-state index contributed by atoms with van der Waals surface area (Å²) in [7, 11) is 0. The van der Waals surface area contributed by atoms with Crippen LogP contribution in [0.3, 0.4) is 0 Å². The third-order valence-electron chi connectivity index (χ3n) is 4.47. The molecule has 0 bridgehead atoms. The molecule has 1 aliphatic heterocycles. The monoisotopic (exact) mass is 322 g/mol. The van der Waals surface area contributed by atoms with Gasteiger partial charge >= 0.3 is 0 Å². The third kappa shape index (κ3) is 2.38. The summed E-state index contributed by atoms with van der Waals surface area (Å²) in [5, 5.41) is 0. The molecule has 2 aliphatic rings. The van der Waals surface area contributed by atoms with Crippen molar-refractivity contribution in [2.45, 2.75) is 38.1 Å². The van der Waals surface area contributed by atoms with Crippen LogP contribution in [0.2, 0.25) is 0 Å². The Morgan fingerprint density at radius 2 is 2.05 bits per heavy atom. The maximum absolute atomic E-state index is 12.8. The Morgan fingerprint density at radius 1 is 1.26 bits per heavy atom. The van der Waals surface area contributed by atoms with E-state index in [-0.39, 0.29) is 5.91 Å². The fourth-order valence-corrected chi connectivity index (χ4v) is 3.98. The van der Waals surface area contributed by atoms with Crippen molar-refractivity contribution >= 4 is 27.5 Å². The van der Waals surface area contributed by atoms with Gasteiger partial charge in [0.15, 0.2) is 0 Å². The summed E-state index contributed by atoms with van der Waals surface area (Å²) in [4.78, 5) is 14.8. The Kier molecular flexibility index (Phi) is 3.52. The van der Waals surface area contributed by atoms with Crippen LogP contribution in [0.4, 0.5) is 5.69 Å². The number of likely N-dealkylation sites (tertiary alicyclic amines) is 1. The number of hydrogen-bond donors (Lipinski definition) is 1. The largest absolute Gasteiger partial charge is 0.399 e. The van der Waals surface area contributed by atoms with E-state index in [1.54, 1.807) is 6.07 Å². The summed E-state index contributed by atoms with van der Waals surface area (Å²) in [6.07, 6.45) is 6.12. The van der Waals surface area contributed by atoms with Crippen LogP contribution in [0, 0.1) is 5.92 Å². The van der Waals surface area contributed by atoms with Crippen LogP contribution in [0.15, 0.2) is 22.7 Å². The molecule has 2 N–H and O–H groups in total. The minimum atomic E-state index is 0.135. The average Bonchev–Trinajstić information content (AvgIpc) is 2.89. The fourth-order valence-electron chi connectivity index (χ4n) is 3.57. The number of piperidine rings is 1. The van der Waals surface area contributed by atoms with E-state index in [1.165, 1.54) is 19.3 Å². The van der Waals surface area contributed by atoms with Gasteiger partial charge in [0, 0.05) is 22.7 Å². The van der Waals surface area contributed by atoms with Gasteiger partial charge < -0.3 is 10.6 Å². The topological polar surface area (TPSA) is 46.3 Å². The van der Waals surface area contributed by atoms with Crippen LogP contribution in [0.25, 0.3) is 0 Å². The van der Waals surface area contributed by atoms with Crippen molar-refractivity contribution in [3.05, 3.63) is 28.2 Å². The minimum Gasteiger partial charge on any atom is -0.399 e. The highest BCUT2D eigenvalue weighted by molar-refractivity contribution is 9.10. The predicted molar refractivity (Wildman–Crippen MR) is 80.0 cm³/mol. The number of carbonyl (C=O) groups excluding carboxylic acids is 1. The number of rotatable bonds is 1. The number of amides is 1. The number of carbonyl (C=O) groups is 1. The fraction of sp³-hybridized carbons (Fsp3) is 0.533. The molecular weight excluding hydrogens is 304 g/mol. The standard InChI is InChI=1S/C15H19BrN2O/c16-13-7-6-11(17)9-12(13)15(19)18-8-2-4-10-3-1-5-14(10)18/h6-7,9-10,14H,1-5,8,17H2. The normalized spacial score (nSPS) is 26.3. The Bertz CT molecular complexity index is 503. The molecule has 1 aromatic carbocycles. The van der Waals surface area contributed by atoms with E-state index in [1.807, 2.05) is 12.1 Å². The molecule has 3 nitrogen and oxygen atoms in total. The van der Waals surface area contributed by atoms with Gasteiger partial charge in [-0.1, -0.05) is 6.42 Å². The number of anilines is 1. The number of halogens is 1. The summed E-state index contributed by atoms with van der Waals surface area (Å²) >= 11 is 3.47. The van der Waals surface area contributed by atoms with E-state index in [4.69, 9.17) is 5.73 Å². The molecule has 1 aliphatic carbocycles. The van der Waals surface area contributed by atoms with Crippen molar-refractivity contribution in [3.63, 3.8) is 0 Å². The lowest BCUT2D eigenvalue weighted by Crippen LogP contribution is -2.46. The first kappa shape index (κ1) is 13.0. The van der Waals surface area contributed by atoms with Gasteiger partial charge in [-0.25, -0.2) is 0 Å². The minimum absolute atomic E-state index is 0.135. The lowest BCUT2D eigenvalue weighted by molar-refractivity contribution is 0.0547. The van der Waals surface area contributed by atoms with Gasteiger partial charge in [-0.15, -0.1) is 0 Å². The van der Waals surface area contributed by atoms with E-state index in [0.717, 1.165) is 29.8 Å². The summed E-state index contributed by atoms with van der Waals surface area (Å²) in [5.74, 6) is 0.855. The SMILES string of the molecule is Nc1ccc(Br)c(C(=O)N2CCCC3CCCC32)c1. The molecule has 102 valence electrons. The molecule has 0 radical (unpaired) electrons. The molecule has 19 heavy (non-hydrogen) atoms. The maximum atomic E-state index is 12.8. The Balaban J connectivity index is 1.88. The molecule has 2 atom stereocenters. The summed E-state index contributed by atoms with van der Waals surface area (Å²) in [5.41, 5.74) is 7.16. The molecule has 0 aromatic heterocycles. The Labute approximate surface area is 122 Å². The van der Waals surface area contributed by atoms with Crippen LogP contribution in [0.1, 0.15) is 42.5 Å². The van der Waals surface area contributed by atoms with Crippen molar-refractivity contribution < 1.29 is 4.79 Å². The highest BCUT2D eigenvalue weighted by atomic mass is 79.9. The zero-order valence-electron chi connectivity index (χ0n) is 10.9. The number of benzene rings is 1. The zero-order chi connectivity index (χ0) is 13.4. The molecule has 1 aromatic rings. The predicted octanol–water partition coefficient (Wildman–Crippen LogP) is 3.44. The van der Waals surface area contributed by atoms with Gasteiger partial charge in [-0.3, -0.25) is 4.79 Å². The molecule has 0 spiro atoms. The van der Waals surface area contributed by atoms with Crippen molar-refractivity contribution in [3.8, 4) is 0 Å². The van der Waals surface area contributed by atoms with E-state index in [2.05, 4.69) is 20.8 Å². The highest BCUT2D eigenvalue weighted by Gasteiger charge is 2.37. The maximum Gasteiger partial charge on any atom is 0.255 e. The molecule has 1 amide bonds. The molecular formula is C15H19BrN2O. The second-order valence-corrected chi connectivity index (χ2v) is 6.49. The number of nitrogens with two attached hydrogens (primary N) is 1. The van der Waals surface area contributed by atoms with Gasteiger partial charge in [0.25, 0.3) is 5.91 Å². The van der Waals surface area contributed by atoms with Crippen molar-refractivity contribution in [1.29, 1.82) is 0 Å². The second-order valence-electron chi connectivity index (χ2n) is 5.64. The quantitative estimate of drug-likeness (QED) is 0.805. The van der Waals surface area contributed by atoms with E-state index in [0.29, 0.717) is 17.3 Å². The number of fused-ring (bicyclic) bond motifs is 1. The Morgan fingerprint density at radius 3 is 2.89 bits per heavy atom. The van der Waals surface area contributed by atoms with E-state index in [9.17, 15) is 4.79 Å². The number of nitrogen functional groups attached to an aromatic ring is 1. The van der Waals surface area contributed by atoms with E-state index >= 15 is 0 Å². The molecule has 4 heteroatoms. The summed E-state index contributed by atoms with van der Waals surface area (Å²) in [6, 6.07) is 5.91. The zero-order valence-corrected chi connectivity index (χ0v) is 12.5.